The molecule has 5 rings (SSSR count). The molecule has 11 nitrogen and oxygen atoms in total. The second-order valence-electron chi connectivity index (χ2n) is 10.2. The summed E-state index contributed by atoms with van der Waals surface area (Å²) in [4.78, 5) is 0. The van der Waals surface area contributed by atoms with Crippen LogP contribution in [0.2, 0.25) is 0 Å². The van der Waals surface area contributed by atoms with Gasteiger partial charge in [-0.2, -0.15) is 0 Å². The van der Waals surface area contributed by atoms with Crippen molar-refractivity contribution in [3.05, 3.63) is 47.5 Å². The van der Waals surface area contributed by atoms with Crippen LogP contribution in [0.3, 0.4) is 0 Å². The van der Waals surface area contributed by atoms with E-state index in [1.54, 1.807) is 0 Å². The molecule has 3 aromatic rings. The van der Waals surface area contributed by atoms with Crippen molar-refractivity contribution in [3.63, 3.8) is 0 Å². The molecule has 0 amide bonds. The van der Waals surface area contributed by atoms with Crippen LogP contribution >= 0.6 is 0 Å². The van der Waals surface area contributed by atoms with Gasteiger partial charge in [-0.05, 0) is 43.3 Å². The van der Waals surface area contributed by atoms with Crippen molar-refractivity contribution >= 4 is 21.8 Å². The summed E-state index contributed by atoms with van der Waals surface area (Å²) in [6, 6.07) is 11.3. The Morgan fingerprint density at radius 3 is 1.41 bits per heavy atom. The van der Waals surface area contributed by atoms with Gasteiger partial charge in [0.05, 0.1) is 13.2 Å². The minimum absolute atomic E-state index is 0.535. The van der Waals surface area contributed by atoms with Crippen molar-refractivity contribution < 1.29 is 50.3 Å². The first kappa shape index (κ1) is 29.5. The predicted molar refractivity (Wildman–Crippen MR) is 146 cm³/mol. The highest BCUT2D eigenvalue weighted by Gasteiger charge is 2.43. The number of rotatable bonds is 3. The summed E-state index contributed by atoms with van der Waals surface area (Å²) in [5.74, 6) is 11.5. The number of hydrogen-bond acceptors (Lipinski definition) is 10. The van der Waals surface area contributed by atoms with Crippen molar-refractivity contribution in [2.45, 2.75) is 74.5 Å². The first-order valence-corrected chi connectivity index (χ1v) is 13.4. The third-order valence-electron chi connectivity index (χ3n) is 7.68. The smallest absolute Gasteiger partial charge is 0.147 e. The zero-order valence-corrected chi connectivity index (χ0v) is 22.2. The molecular formula is C30H33NO10. The molecule has 2 saturated heterocycles. The number of aryl methyl sites for hydroxylation is 1. The van der Waals surface area contributed by atoms with Crippen LogP contribution < -0.4 is 0 Å². The summed E-state index contributed by atoms with van der Waals surface area (Å²) in [5.41, 5.74) is 3.14. The van der Waals surface area contributed by atoms with Crippen molar-refractivity contribution in [1.82, 2.24) is 4.57 Å². The number of aromatic nitrogens is 1. The number of fused-ring (bicyclic) bond motifs is 3. The van der Waals surface area contributed by atoms with Gasteiger partial charge >= 0.3 is 0 Å². The van der Waals surface area contributed by atoms with Crippen LogP contribution in [0.15, 0.2) is 36.4 Å². The highest BCUT2D eigenvalue weighted by molar-refractivity contribution is 6.09. The fraction of sp³-hybridized carbons (Fsp3) is 0.467. The van der Waals surface area contributed by atoms with Gasteiger partial charge in [0.25, 0.3) is 0 Å². The van der Waals surface area contributed by atoms with Gasteiger partial charge < -0.3 is 54.9 Å². The summed E-state index contributed by atoms with van der Waals surface area (Å²) in [6.07, 6.45) is -13.1. The molecule has 8 N–H and O–H groups in total. The van der Waals surface area contributed by atoms with Gasteiger partial charge in [-0.15, -0.1) is 0 Å². The SMILES string of the molecule is CCn1c2ccc(C#CC3OC(CO)C(O)C(O)C3O)cc2c2cc(C#CC3OC(CO)C(O)C(O)C3O)ccc21. The van der Waals surface area contributed by atoms with Crippen LogP contribution in [0.1, 0.15) is 18.1 Å². The van der Waals surface area contributed by atoms with Crippen LogP contribution in [0.25, 0.3) is 21.8 Å². The molecule has 41 heavy (non-hydrogen) atoms. The summed E-state index contributed by atoms with van der Waals surface area (Å²) in [7, 11) is 0. The number of ether oxygens (including phenoxy) is 2. The summed E-state index contributed by atoms with van der Waals surface area (Å²) >= 11 is 0. The molecule has 10 atom stereocenters. The zero-order chi connectivity index (χ0) is 29.4. The van der Waals surface area contributed by atoms with Gasteiger partial charge in [-0.25, -0.2) is 0 Å². The fourth-order valence-corrected chi connectivity index (χ4v) is 5.35. The Morgan fingerprint density at radius 1 is 0.634 bits per heavy atom. The summed E-state index contributed by atoms with van der Waals surface area (Å²) in [5, 5.41) is 81.3. The van der Waals surface area contributed by atoms with E-state index in [9.17, 15) is 40.9 Å². The topological polar surface area (TPSA) is 185 Å². The van der Waals surface area contributed by atoms with Crippen LogP contribution in [-0.2, 0) is 16.0 Å². The molecule has 0 saturated carbocycles. The van der Waals surface area contributed by atoms with Gasteiger partial charge in [0.15, 0.2) is 0 Å². The van der Waals surface area contributed by atoms with E-state index < -0.39 is 74.3 Å². The number of nitrogens with zero attached hydrogens (tertiary/aromatic N) is 1. The minimum atomic E-state index is -1.51. The average molecular weight is 568 g/mol. The Balaban J connectivity index is 1.48. The molecule has 0 bridgehead atoms. The van der Waals surface area contributed by atoms with E-state index >= 15 is 0 Å². The van der Waals surface area contributed by atoms with E-state index in [1.807, 2.05) is 43.3 Å². The Kier molecular flexibility index (Phi) is 8.66. The second kappa shape index (κ2) is 12.1. The van der Waals surface area contributed by atoms with Crippen molar-refractivity contribution in [3.8, 4) is 23.7 Å². The molecule has 2 fully saturated rings. The monoisotopic (exact) mass is 567 g/mol. The van der Waals surface area contributed by atoms with Gasteiger partial charge in [0.1, 0.15) is 61.0 Å². The number of aliphatic hydroxyl groups excluding tert-OH is 8. The summed E-state index contributed by atoms with van der Waals surface area (Å²) < 4.78 is 13.1. The van der Waals surface area contributed by atoms with E-state index in [0.29, 0.717) is 17.7 Å². The molecule has 11 heteroatoms. The third kappa shape index (κ3) is 5.46. The lowest BCUT2D eigenvalue weighted by Gasteiger charge is -2.37. The quantitative estimate of drug-likeness (QED) is 0.168. The average Bonchev–Trinajstić information content (AvgIpc) is 3.30. The minimum Gasteiger partial charge on any atom is -0.394 e. The van der Waals surface area contributed by atoms with Crippen LogP contribution in [0, 0.1) is 23.7 Å². The Hall–Kier alpha value is -3.04. The normalized spacial score (nSPS) is 33.7. The number of hydrogen-bond donors (Lipinski definition) is 8. The molecule has 3 heterocycles. The highest BCUT2D eigenvalue weighted by atomic mass is 16.5. The van der Waals surface area contributed by atoms with Crippen molar-refractivity contribution in [2.24, 2.45) is 0 Å². The second-order valence-corrected chi connectivity index (χ2v) is 10.2. The van der Waals surface area contributed by atoms with Crippen LogP contribution in [0.5, 0.6) is 0 Å². The lowest BCUT2D eigenvalue weighted by molar-refractivity contribution is -0.214. The first-order chi connectivity index (χ1) is 19.7. The Morgan fingerprint density at radius 2 is 1.05 bits per heavy atom. The van der Waals surface area contributed by atoms with E-state index in [2.05, 4.69) is 28.2 Å². The molecular weight excluding hydrogens is 534 g/mol. The Bertz CT molecular complexity index is 1420. The molecule has 2 aromatic carbocycles. The molecule has 2 aliphatic rings. The third-order valence-corrected chi connectivity index (χ3v) is 7.68. The number of benzene rings is 2. The molecule has 10 unspecified atom stereocenters. The van der Waals surface area contributed by atoms with Crippen molar-refractivity contribution in [2.75, 3.05) is 13.2 Å². The summed E-state index contributed by atoms with van der Waals surface area (Å²) in [6.45, 7) is 1.66. The standard InChI is InChI=1S/C30H33NO10/c1-2-31-19-7-3-15(5-9-21-25(34)29(38)27(36)23(13-32)40-21)11-17(19)18-12-16(4-8-20(18)31)6-10-22-26(35)30(39)28(37)24(14-33)41-22/h3-4,7-8,11-12,21-30,32-39H,2,13-14H2,1H3. The van der Waals surface area contributed by atoms with Crippen molar-refractivity contribution in [1.29, 1.82) is 0 Å². The van der Waals surface area contributed by atoms with Gasteiger partial charge in [-0.3, -0.25) is 0 Å². The maximum absolute atomic E-state index is 10.3. The molecule has 0 spiro atoms. The molecule has 1 aromatic heterocycles. The first-order valence-electron chi connectivity index (χ1n) is 13.4. The van der Waals surface area contributed by atoms with E-state index in [4.69, 9.17) is 9.47 Å². The Labute approximate surface area is 235 Å². The largest absolute Gasteiger partial charge is 0.394 e. The molecule has 218 valence electrons. The maximum Gasteiger partial charge on any atom is 0.147 e. The maximum atomic E-state index is 10.3. The predicted octanol–water partition coefficient (Wildman–Crippen LogP) is -1.80. The van der Waals surface area contributed by atoms with Gasteiger partial charge in [0, 0.05) is 39.5 Å². The van der Waals surface area contributed by atoms with E-state index in [0.717, 1.165) is 21.8 Å². The van der Waals surface area contributed by atoms with E-state index in [-0.39, 0.29) is 0 Å². The fourth-order valence-electron chi connectivity index (χ4n) is 5.35. The highest BCUT2D eigenvalue weighted by Crippen LogP contribution is 2.31. The molecule has 0 radical (unpaired) electrons. The van der Waals surface area contributed by atoms with Crippen LogP contribution in [0.4, 0.5) is 0 Å². The van der Waals surface area contributed by atoms with E-state index in [1.165, 1.54) is 0 Å². The van der Waals surface area contributed by atoms with Gasteiger partial charge in [-0.1, -0.05) is 23.7 Å². The number of aliphatic hydroxyl groups is 8. The molecule has 2 aliphatic heterocycles. The lowest BCUT2D eigenvalue weighted by Crippen LogP contribution is -2.58. The zero-order valence-electron chi connectivity index (χ0n) is 22.2. The lowest BCUT2D eigenvalue weighted by atomic mass is 9.95. The van der Waals surface area contributed by atoms with Gasteiger partial charge in [0.2, 0.25) is 0 Å². The van der Waals surface area contributed by atoms with Crippen LogP contribution in [-0.4, -0.2) is 120 Å². The molecule has 0 aliphatic carbocycles.